The van der Waals surface area contributed by atoms with Crippen molar-refractivity contribution in [1.29, 1.82) is 0 Å². The Morgan fingerprint density at radius 3 is 2.83 bits per heavy atom. The molecule has 0 radical (unpaired) electrons. The fourth-order valence-electron chi connectivity index (χ4n) is 2.07. The number of benzene rings is 2. The lowest BCUT2D eigenvalue weighted by atomic mass is 10.1. The molecule has 0 aliphatic carbocycles. The van der Waals surface area contributed by atoms with Gasteiger partial charge in [-0.05, 0) is 18.2 Å². The van der Waals surface area contributed by atoms with E-state index in [9.17, 15) is 20.0 Å². The molecule has 0 aliphatic rings. The van der Waals surface area contributed by atoms with E-state index in [0.717, 1.165) is 6.08 Å². The lowest BCUT2D eigenvalue weighted by molar-refractivity contribution is -0.384. The maximum absolute atomic E-state index is 11.9. The topological polar surface area (TPSA) is 106 Å². The highest BCUT2D eigenvalue weighted by Gasteiger charge is 2.11. The lowest BCUT2D eigenvalue weighted by Gasteiger charge is -2.01. The van der Waals surface area contributed by atoms with E-state index in [-0.39, 0.29) is 28.3 Å². The molecule has 24 heavy (non-hydrogen) atoms. The van der Waals surface area contributed by atoms with Crippen LogP contribution in [0.25, 0.3) is 22.9 Å². The molecule has 3 rings (SSSR count). The highest BCUT2D eigenvalue weighted by Crippen LogP contribution is 2.21. The number of hydrogen-bond donors (Lipinski definition) is 1. The van der Waals surface area contributed by atoms with Gasteiger partial charge in [0.15, 0.2) is 11.3 Å². The highest BCUT2D eigenvalue weighted by molar-refractivity contribution is 6.31. The van der Waals surface area contributed by atoms with Crippen LogP contribution in [-0.4, -0.2) is 15.0 Å². The van der Waals surface area contributed by atoms with Crippen molar-refractivity contribution in [3.63, 3.8) is 0 Å². The van der Waals surface area contributed by atoms with E-state index in [2.05, 4.69) is 4.98 Å². The minimum Gasteiger partial charge on any atom is -0.507 e. The van der Waals surface area contributed by atoms with Gasteiger partial charge in [-0.15, -0.1) is 0 Å². The van der Waals surface area contributed by atoms with Gasteiger partial charge >= 0.3 is 5.63 Å². The van der Waals surface area contributed by atoms with Crippen molar-refractivity contribution >= 4 is 40.2 Å². The number of aromatic nitrogens is 1. The SMILES string of the molecule is O=c1oc2ccc(Cl)cc2nc1C=C(O)c1cccc([N+](=O)[O-])c1. The number of aliphatic hydroxyl groups excluding tert-OH is 1. The molecular formula is C16H9ClN2O5. The summed E-state index contributed by atoms with van der Waals surface area (Å²) >= 11 is 5.87. The smallest absolute Gasteiger partial charge is 0.362 e. The predicted octanol–water partition coefficient (Wildman–Crippen LogP) is 3.81. The van der Waals surface area contributed by atoms with Gasteiger partial charge in [0.2, 0.25) is 0 Å². The predicted molar refractivity (Wildman–Crippen MR) is 88.9 cm³/mol. The maximum atomic E-state index is 11.9. The molecule has 120 valence electrons. The van der Waals surface area contributed by atoms with Gasteiger partial charge in [-0.25, -0.2) is 9.78 Å². The monoisotopic (exact) mass is 344 g/mol. The van der Waals surface area contributed by atoms with Gasteiger partial charge in [0.25, 0.3) is 5.69 Å². The van der Waals surface area contributed by atoms with Gasteiger partial charge in [-0.3, -0.25) is 10.1 Å². The Bertz CT molecular complexity index is 1040. The van der Waals surface area contributed by atoms with Crippen LogP contribution in [0.1, 0.15) is 11.3 Å². The summed E-state index contributed by atoms with van der Waals surface area (Å²) in [5.74, 6) is -0.347. The normalized spacial score (nSPS) is 11.6. The second kappa shape index (κ2) is 6.13. The van der Waals surface area contributed by atoms with Gasteiger partial charge in [-0.1, -0.05) is 23.7 Å². The van der Waals surface area contributed by atoms with E-state index >= 15 is 0 Å². The molecule has 2 aromatic carbocycles. The summed E-state index contributed by atoms with van der Waals surface area (Å²) in [5.41, 5.74) is -0.290. The van der Waals surface area contributed by atoms with Crippen molar-refractivity contribution in [2.24, 2.45) is 0 Å². The van der Waals surface area contributed by atoms with Crippen molar-refractivity contribution in [2.45, 2.75) is 0 Å². The Balaban J connectivity index is 2.08. The number of fused-ring (bicyclic) bond motifs is 1. The zero-order valence-corrected chi connectivity index (χ0v) is 12.7. The summed E-state index contributed by atoms with van der Waals surface area (Å²) in [6, 6.07) is 9.96. The van der Waals surface area contributed by atoms with E-state index in [1.54, 1.807) is 6.07 Å². The first-order valence-electron chi connectivity index (χ1n) is 6.70. The minimum atomic E-state index is -0.748. The minimum absolute atomic E-state index is 0.145. The number of nitrogens with zero attached hydrogens (tertiary/aromatic N) is 2. The molecule has 0 atom stereocenters. The van der Waals surface area contributed by atoms with E-state index < -0.39 is 10.5 Å². The highest BCUT2D eigenvalue weighted by atomic mass is 35.5. The van der Waals surface area contributed by atoms with Crippen molar-refractivity contribution in [3.8, 4) is 0 Å². The Labute approximate surface area is 139 Å². The molecule has 0 amide bonds. The van der Waals surface area contributed by atoms with Crippen molar-refractivity contribution in [1.82, 2.24) is 4.98 Å². The molecule has 0 saturated carbocycles. The zero-order valence-electron chi connectivity index (χ0n) is 12.0. The molecule has 1 aromatic heterocycles. The molecule has 1 heterocycles. The molecule has 7 nitrogen and oxygen atoms in total. The van der Waals surface area contributed by atoms with Gasteiger partial charge in [0, 0.05) is 28.8 Å². The van der Waals surface area contributed by atoms with Crippen LogP contribution in [0.15, 0.2) is 51.7 Å². The third kappa shape index (κ3) is 3.11. The fourth-order valence-corrected chi connectivity index (χ4v) is 2.24. The van der Waals surface area contributed by atoms with Crippen molar-refractivity contribution in [2.75, 3.05) is 0 Å². The van der Waals surface area contributed by atoms with Crippen LogP contribution in [0.4, 0.5) is 5.69 Å². The van der Waals surface area contributed by atoms with Crippen LogP contribution < -0.4 is 5.63 Å². The van der Waals surface area contributed by atoms with Gasteiger partial charge in [-0.2, -0.15) is 0 Å². The number of rotatable bonds is 3. The maximum Gasteiger partial charge on any atom is 0.362 e. The largest absolute Gasteiger partial charge is 0.507 e. The summed E-state index contributed by atoms with van der Waals surface area (Å²) in [4.78, 5) is 26.2. The number of halogens is 1. The Hall–Kier alpha value is -3.19. The molecule has 0 unspecified atom stereocenters. The average Bonchev–Trinajstić information content (AvgIpc) is 2.56. The summed E-state index contributed by atoms with van der Waals surface area (Å²) in [7, 11) is 0. The van der Waals surface area contributed by atoms with Crippen LogP contribution in [-0.2, 0) is 0 Å². The number of nitro benzene ring substituents is 1. The van der Waals surface area contributed by atoms with E-state index in [1.807, 2.05) is 0 Å². The summed E-state index contributed by atoms with van der Waals surface area (Å²) in [5, 5.41) is 21.3. The second-order valence-corrected chi connectivity index (χ2v) is 5.27. The average molecular weight is 345 g/mol. The quantitative estimate of drug-likeness (QED) is 0.440. The van der Waals surface area contributed by atoms with Crippen LogP contribution >= 0.6 is 11.6 Å². The third-order valence-corrected chi connectivity index (χ3v) is 3.43. The zero-order chi connectivity index (χ0) is 17.3. The van der Waals surface area contributed by atoms with Crippen LogP contribution in [0, 0.1) is 10.1 Å². The molecule has 8 heteroatoms. The van der Waals surface area contributed by atoms with Crippen LogP contribution in [0.5, 0.6) is 0 Å². The molecule has 0 fully saturated rings. The van der Waals surface area contributed by atoms with Crippen molar-refractivity contribution < 1.29 is 14.4 Å². The summed E-state index contributed by atoms with van der Waals surface area (Å²) < 4.78 is 5.11. The number of hydrogen-bond acceptors (Lipinski definition) is 6. The first-order valence-corrected chi connectivity index (χ1v) is 7.08. The fraction of sp³-hybridized carbons (Fsp3) is 0. The standard InChI is InChI=1S/C16H9ClN2O5/c17-10-4-5-15-12(7-10)18-13(16(21)24-15)8-14(20)9-2-1-3-11(6-9)19(22)23/h1-8,20H. The summed E-state index contributed by atoms with van der Waals surface area (Å²) in [6.45, 7) is 0. The molecule has 0 aliphatic heterocycles. The molecule has 0 spiro atoms. The molecule has 1 N–H and O–H groups in total. The third-order valence-electron chi connectivity index (χ3n) is 3.20. The van der Waals surface area contributed by atoms with E-state index in [0.29, 0.717) is 10.5 Å². The van der Waals surface area contributed by atoms with E-state index in [1.165, 1.54) is 36.4 Å². The summed E-state index contributed by atoms with van der Waals surface area (Å²) in [6.07, 6.45) is 1.09. The number of non-ortho nitro benzene ring substituents is 1. The molecule has 0 saturated heterocycles. The molecule has 3 aromatic rings. The molecular weight excluding hydrogens is 336 g/mol. The molecule has 0 bridgehead atoms. The van der Waals surface area contributed by atoms with Crippen LogP contribution in [0.2, 0.25) is 5.02 Å². The van der Waals surface area contributed by atoms with Gasteiger partial charge < -0.3 is 9.52 Å². The lowest BCUT2D eigenvalue weighted by Crippen LogP contribution is -2.06. The number of aliphatic hydroxyl groups is 1. The number of nitro groups is 1. The Morgan fingerprint density at radius 1 is 1.29 bits per heavy atom. The Kier molecular flexibility index (Phi) is 4.01. The van der Waals surface area contributed by atoms with E-state index in [4.69, 9.17) is 16.0 Å². The van der Waals surface area contributed by atoms with Crippen molar-refractivity contribution in [3.05, 3.63) is 79.3 Å². The Morgan fingerprint density at radius 2 is 2.08 bits per heavy atom. The van der Waals surface area contributed by atoms with Gasteiger partial charge in [0.1, 0.15) is 11.3 Å². The first kappa shape index (κ1) is 15.7. The van der Waals surface area contributed by atoms with Gasteiger partial charge in [0.05, 0.1) is 4.92 Å². The first-order chi connectivity index (χ1) is 11.4. The van der Waals surface area contributed by atoms with Crippen LogP contribution in [0.3, 0.4) is 0 Å². The second-order valence-electron chi connectivity index (χ2n) is 4.84.